The molecule has 4 heteroatoms. The summed E-state index contributed by atoms with van der Waals surface area (Å²) < 4.78 is 1.84. The lowest BCUT2D eigenvalue weighted by atomic mass is 10.2. The van der Waals surface area contributed by atoms with Crippen molar-refractivity contribution in [1.82, 2.24) is 9.78 Å². The summed E-state index contributed by atoms with van der Waals surface area (Å²) in [6.45, 7) is 3.00. The fraction of sp³-hybridized carbons (Fsp3) is 0.500. The Morgan fingerprint density at radius 2 is 2.67 bits per heavy atom. The van der Waals surface area contributed by atoms with Gasteiger partial charge in [0.15, 0.2) is 6.29 Å². The SMILES string of the molecule is CC1CCn2ncc(C=O)c2N1. The molecule has 1 atom stereocenters. The highest BCUT2D eigenvalue weighted by Gasteiger charge is 2.17. The molecular weight excluding hydrogens is 154 g/mol. The topological polar surface area (TPSA) is 46.9 Å². The molecule has 1 aromatic heterocycles. The second-order valence-electron chi connectivity index (χ2n) is 3.12. The van der Waals surface area contributed by atoms with Gasteiger partial charge in [0.1, 0.15) is 5.82 Å². The van der Waals surface area contributed by atoms with Crippen molar-refractivity contribution < 1.29 is 4.79 Å². The first-order chi connectivity index (χ1) is 5.81. The summed E-state index contributed by atoms with van der Waals surface area (Å²) in [5, 5.41) is 7.31. The number of nitrogens with zero attached hydrogens (tertiary/aromatic N) is 2. The molecule has 0 bridgehead atoms. The Morgan fingerprint density at radius 1 is 1.83 bits per heavy atom. The maximum Gasteiger partial charge on any atom is 0.155 e. The third-order valence-electron chi connectivity index (χ3n) is 2.15. The molecule has 2 rings (SSSR count). The maximum absolute atomic E-state index is 10.6. The number of hydrogen-bond acceptors (Lipinski definition) is 3. The van der Waals surface area contributed by atoms with Gasteiger partial charge in [0, 0.05) is 12.6 Å². The van der Waals surface area contributed by atoms with Gasteiger partial charge >= 0.3 is 0 Å². The zero-order valence-corrected chi connectivity index (χ0v) is 6.95. The van der Waals surface area contributed by atoms with Crippen LogP contribution in [0.3, 0.4) is 0 Å². The number of nitrogens with one attached hydrogen (secondary N) is 1. The zero-order valence-electron chi connectivity index (χ0n) is 6.95. The summed E-state index contributed by atoms with van der Waals surface area (Å²) in [4.78, 5) is 10.6. The predicted octanol–water partition coefficient (Wildman–Crippen LogP) is 0.900. The zero-order chi connectivity index (χ0) is 8.55. The molecule has 0 amide bonds. The van der Waals surface area contributed by atoms with Crippen molar-refractivity contribution in [3.05, 3.63) is 11.8 Å². The van der Waals surface area contributed by atoms with Crippen LogP contribution in [-0.2, 0) is 6.54 Å². The molecule has 0 aromatic carbocycles. The van der Waals surface area contributed by atoms with Gasteiger partial charge in [0.25, 0.3) is 0 Å². The molecule has 1 aromatic rings. The van der Waals surface area contributed by atoms with Crippen LogP contribution in [0.4, 0.5) is 5.82 Å². The number of aryl methyl sites for hydroxylation is 1. The number of carbonyl (C=O) groups excluding carboxylic acids is 1. The molecule has 0 saturated carbocycles. The maximum atomic E-state index is 10.6. The number of aldehydes is 1. The van der Waals surface area contributed by atoms with E-state index in [1.54, 1.807) is 6.20 Å². The summed E-state index contributed by atoms with van der Waals surface area (Å²) in [5.41, 5.74) is 0.654. The number of hydrogen-bond donors (Lipinski definition) is 1. The van der Waals surface area contributed by atoms with E-state index in [2.05, 4.69) is 17.3 Å². The smallest absolute Gasteiger partial charge is 0.155 e. The molecule has 0 radical (unpaired) electrons. The van der Waals surface area contributed by atoms with Gasteiger partial charge in [0.05, 0.1) is 11.8 Å². The summed E-state index contributed by atoms with van der Waals surface area (Å²) in [6, 6.07) is 0.438. The van der Waals surface area contributed by atoms with Crippen molar-refractivity contribution >= 4 is 12.1 Å². The van der Waals surface area contributed by atoms with Crippen LogP contribution in [0.2, 0.25) is 0 Å². The van der Waals surface area contributed by atoms with Crippen molar-refractivity contribution in [3.63, 3.8) is 0 Å². The van der Waals surface area contributed by atoms with Crippen molar-refractivity contribution in [2.75, 3.05) is 5.32 Å². The van der Waals surface area contributed by atoms with Crippen molar-refractivity contribution in [3.8, 4) is 0 Å². The Morgan fingerprint density at radius 3 is 3.42 bits per heavy atom. The second-order valence-corrected chi connectivity index (χ2v) is 3.12. The van der Waals surface area contributed by atoms with Gasteiger partial charge in [-0.25, -0.2) is 4.68 Å². The molecule has 0 spiro atoms. The molecule has 1 N–H and O–H groups in total. The van der Waals surface area contributed by atoms with E-state index in [0.29, 0.717) is 11.6 Å². The number of rotatable bonds is 1. The third kappa shape index (κ3) is 0.995. The average molecular weight is 165 g/mol. The lowest BCUT2D eigenvalue weighted by Crippen LogP contribution is -2.26. The molecule has 0 saturated heterocycles. The van der Waals surface area contributed by atoms with E-state index in [-0.39, 0.29) is 0 Å². The molecule has 4 nitrogen and oxygen atoms in total. The number of anilines is 1. The lowest BCUT2D eigenvalue weighted by Gasteiger charge is -2.22. The average Bonchev–Trinajstić information content (AvgIpc) is 2.46. The van der Waals surface area contributed by atoms with Crippen LogP contribution in [-0.4, -0.2) is 22.1 Å². The van der Waals surface area contributed by atoms with Crippen LogP contribution in [0.25, 0.3) is 0 Å². The Bertz CT molecular complexity index is 305. The third-order valence-corrected chi connectivity index (χ3v) is 2.15. The molecule has 64 valence electrons. The first-order valence-corrected chi connectivity index (χ1v) is 4.09. The molecular formula is C8H11N3O. The minimum absolute atomic E-state index is 0.438. The fourth-order valence-corrected chi connectivity index (χ4v) is 1.43. The summed E-state index contributed by atoms with van der Waals surface area (Å²) in [6.07, 6.45) is 3.50. The van der Waals surface area contributed by atoms with E-state index in [0.717, 1.165) is 25.1 Å². The van der Waals surface area contributed by atoms with E-state index in [1.165, 1.54) is 0 Å². The van der Waals surface area contributed by atoms with Crippen molar-refractivity contribution in [2.24, 2.45) is 0 Å². The van der Waals surface area contributed by atoms with Crippen molar-refractivity contribution in [1.29, 1.82) is 0 Å². The largest absolute Gasteiger partial charge is 0.367 e. The number of carbonyl (C=O) groups is 1. The fourth-order valence-electron chi connectivity index (χ4n) is 1.43. The Labute approximate surface area is 70.6 Å². The quantitative estimate of drug-likeness (QED) is 0.629. The molecule has 1 aliphatic rings. The molecule has 1 aliphatic heterocycles. The van der Waals surface area contributed by atoms with Gasteiger partial charge in [-0.05, 0) is 13.3 Å². The molecule has 1 unspecified atom stereocenters. The van der Waals surface area contributed by atoms with E-state index in [9.17, 15) is 4.79 Å². The van der Waals surface area contributed by atoms with E-state index in [1.807, 2.05) is 4.68 Å². The summed E-state index contributed by atoms with van der Waals surface area (Å²) >= 11 is 0. The van der Waals surface area contributed by atoms with Gasteiger partial charge in [-0.2, -0.15) is 5.10 Å². The van der Waals surface area contributed by atoms with Gasteiger partial charge in [-0.3, -0.25) is 4.79 Å². The van der Waals surface area contributed by atoms with E-state index in [4.69, 9.17) is 0 Å². The summed E-state index contributed by atoms with van der Waals surface area (Å²) in [5.74, 6) is 0.865. The van der Waals surface area contributed by atoms with Gasteiger partial charge < -0.3 is 5.32 Å². The van der Waals surface area contributed by atoms with Crippen LogP contribution in [0, 0.1) is 0 Å². The van der Waals surface area contributed by atoms with Crippen LogP contribution < -0.4 is 5.32 Å². The normalized spacial score (nSPS) is 21.2. The highest BCUT2D eigenvalue weighted by atomic mass is 16.1. The Balaban J connectivity index is 2.40. The molecule has 2 heterocycles. The summed E-state index contributed by atoms with van der Waals surface area (Å²) in [7, 11) is 0. The molecule has 12 heavy (non-hydrogen) atoms. The number of fused-ring (bicyclic) bond motifs is 1. The predicted molar refractivity (Wildman–Crippen MR) is 45.3 cm³/mol. The minimum atomic E-state index is 0.438. The van der Waals surface area contributed by atoms with E-state index < -0.39 is 0 Å². The van der Waals surface area contributed by atoms with Gasteiger partial charge in [0.2, 0.25) is 0 Å². The Hall–Kier alpha value is -1.32. The monoisotopic (exact) mass is 165 g/mol. The molecule has 0 aliphatic carbocycles. The first kappa shape index (κ1) is 7.34. The van der Waals surface area contributed by atoms with Gasteiger partial charge in [-0.15, -0.1) is 0 Å². The van der Waals surface area contributed by atoms with Crippen LogP contribution in [0.5, 0.6) is 0 Å². The van der Waals surface area contributed by atoms with E-state index >= 15 is 0 Å². The van der Waals surface area contributed by atoms with Gasteiger partial charge in [-0.1, -0.05) is 0 Å². The lowest BCUT2D eigenvalue weighted by molar-refractivity contribution is 0.112. The van der Waals surface area contributed by atoms with Crippen molar-refractivity contribution in [2.45, 2.75) is 25.9 Å². The highest BCUT2D eigenvalue weighted by molar-refractivity contribution is 5.82. The van der Waals surface area contributed by atoms with Crippen LogP contribution in [0.15, 0.2) is 6.20 Å². The molecule has 0 fully saturated rings. The highest BCUT2D eigenvalue weighted by Crippen LogP contribution is 2.20. The van der Waals surface area contributed by atoms with Crippen LogP contribution >= 0.6 is 0 Å². The second kappa shape index (κ2) is 2.62. The minimum Gasteiger partial charge on any atom is -0.367 e. The standard InChI is InChI=1S/C8H11N3O/c1-6-2-3-11-8(10-6)7(5-12)4-9-11/h4-6,10H,2-3H2,1H3. The Kier molecular flexibility index (Phi) is 1.60. The number of aromatic nitrogens is 2. The van der Waals surface area contributed by atoms with Crippen LogP contribution in [0.1, 0.15) is 23.7 Å². The first-order valence-electron chi connectivity index (χ1n) is 4.09.